The molecular formula is C15H24N2. The first-order valence-electron chi connectivity index (χ1n) is 6.93. The maximum Gasteiger partial charge on any atom is 0.0405 e. The van der Waals surface area contributed by atoms with E-state index >= 15 is 0 Å². The molecule has 1 aliphatic carbocycles. The van der Waals surface area contributed by atoms with Crippen LogP contribution in [-0.4, -0.2) is 19.1 Å². The Morgan fingerprint density at radius 2 is 1.71 bits per heavy atom. The van der Waals surface area contributed by atoms with Crippen LogP contribution in [0.2, 0.25) is 0 Å². The lowest BCUT2D eigenvalue weighted by atomic mass is 10.0. The van der Waals surface area contributed by atoms with Gasteiger partial charge in [-0.2, -0.15) is 0 Å². The number of hydrogen-bond acceptors (Lipinski definition) is 2. The largest absolute Gasteiger partial charge is 0.383 e. The second-order valence-corrected chi connectivity index (χ2v) is 4.81. The van der Waals surface area contributed by atoms with E-state index in [-0.39, 0.29) is 0 Å². The second-order valence-electron chi connectivity index (χ2n) is 4.81. The maximum absolute atomic E-state index is 3.60. The van der Waals surface area contributed by atoms with Crippen molar-refractivity contribution in [1.82, 2.24) is 5.32 Å². The van der Waals surface area contributed by atoms with Crippen molar-refractivity contribution in [3.05, 3.63) is 29.3 Å². The van der Waals surface area contributed by atoms with Gasteiger partial charge in [-0.25, -0.2) is 0 Å². The van der Waals surface area contributed by atoms with Gasteiger partial charge in [0.2, 0.25) is 0 Å². The zero-order chi connectivity index (χ0) is 12.1. The molecule has 2 rings (SSSR count). The van der Waals surface area contributed by atoms with Gasteiger partial charge in [0, 0.05) is 24.8 Å². The summed E-state index contributed by atoms with van der Waals surface area (Å²) in [6.07, 6.45) is 4.94. The lowest BCUT2D eigenvalue weighted by molar-refractivity contribution is 0.701. The highest BCUT2D eigenvalue weighted by molar-refractivity contribution is 5.57. The van der Waals surface area contributed by atoms with Crippen LogP contribution in [0.4, 0.5) is 5.69 Å². The van der Waals surface area contributed by atoms with Crippen molar-refractivity contribution in [2.24, 2.45) is 0 Å². The molecular weight excluding hydrogens is 208 g/mol. The Bertz CT molecular complexity index is 334. The molecule has 0 bridgehead atoms. The summed E-state index contributed by atoms with van der Waals surface area (Å²) in [5.74, 6) is 0. The molecule has 0 amide bonds. The Morgan fingerprint density at radius 1 is 1.06 bits per heavy atom. The third-order valence-electron chi connectivity index (χ3n) is 3.44. The van der Waals surface area contributed by atoms with Crippen molar-refractivity contribution < 1.29 is 0 Å². The fourth-order valence-electron chi connectivity index (χ4n) is 2.22. The molecule has 0 saturated heterocycles. The van der Waals surface area contributed by atoms with Gasteiger partial charge in [0.15, 0.2) is 0 Å². The number of rotatable bonds is 7. The van der Waals surface area contributed by atoms with Crippen molar-refractivity contribution in [2.45, 2.75) is 45.6 Å². The Morgan fingerprint density at radius 3 is 2.24 bits per heavy atom. The molecule has 2 N–H and O–H groups in total. The van der Waals surface area contributed by atoms with Crippen LogP contribution in [0.25, 0.3) is 0 Å². The molecule has 2 heteroatoms. The summed E-state index contributed by atoms with van der Waals surface area (Å²) in [5, 5.41) is 7.14. The van der Waals surface area contributed by atoms with Gasteiger partial charge in [0.05, 0.1) is 0 Å². The first-order chi connectivity index (χ1) is 8.35. The van der Waals surface area contributed by atoms with Crippen molar-refractivity contribution in [1.29, 1.82) is 0 Å². The van der Waals surface area contributed by atoms with Gasteiger partial charge in [-0.1, -0.05) is 32.0 Å². The van der Waals surface area contributed by atoms with Crippen LogP contribution < -0.4 is 10.6 Å². The summed E-state index contributed by atoms with van der Waals surface area (Å²) in [6.45, 7) is 6.55. The van der Waals surface area contributed by atoms with Crippen LogP contribution in [-0.2, 0) is 12.8 Å². The van der Waals surface area contributed by atoms with Crippen LogP contribution in [0.5, 0.6) is 0 Å². The van der Waals surface area contributed by atoms with E-state index in [9.17, 15) is 0 Å². The molecule has 0 unspecified atom stereocenters. The van der Waals surface area contributed by atoms with E-state index in [1.165, 1.54) is 29.7 Å². The average Bonchev–Trinajstić information content (AvgIpc) is 3.18. The molecule has 0 aliphatic heterocycles. The molecule has 0 radical (unpaired) electrons. The lowest BCUT2D eigenvalue weighted by Crippen LogP contribution is -2.24. The Hall–Kier alpha value is -1.02. The van der Waals surface area contributed by atoms with Crippen molar-refractivity contribution in [2.75, 3.05) is 18.4 Å². The number of aryl methyl sites for hydroxylation is 2. The highest BCUT2D eigenvalue weighted by Gasteiger charge is 2.19. The van der Waals surface area contributed by atoms with Crippen LogP contribution in [0.15, 0.2) is 18.2 Å². The van der Waals surface area contributed by atoms with Gasteiger partial charge in [-0.3, -0.25) is 0 Å². The molecule has 1 saturated carbocycles. The monoisotopic (exact) mass is 232 g/mol. The summed E-state index contributed by atoms with van der Waals surface area (Å²) in [7, 11) is 0. The van der Waals surface area contributed by atoms with E-state index in [1.807, 2.05) is 0 Å². The van der Waals surface area contributed by atoms with Crippen molar-refractivity contribution in [3.63, 3.8) is 0 Å². The molecule has 0 atom stereocenters. The van der Waals surface area contributed by atoms with E-state index in [1.54, 1.807) is 0 Å². The van der Waals surface area contributed by atoms with Gasteiger partial charge < -0.3 is 10.6 Å². The molecule has 2 nitrogen and oxygen atoms in total. The Kier molecular flexibility index (Phi) is 4.43. The van der Waals surface area contributed by atoms with Crippen LogP contribution in [0.1, 0.15) is 37.8 Å². The predicted octanol–water partition coefficient (Wildman–Crippen LogP) is 2.98. The maximum atomic E-state index is 3.60. The standard InChI is InChI=1S/C15H24N2/c1-3-12-6-5-7-13(4-2)15(12)17-11-10-16-14-8-9-14/h5-7,14,16-17H,3-4,8-11H2,1-2H3. The van der Waals surface area contributed by atoms with Gasteiger partial charge in [-0.15, -0.1) is 0 Å². The first kappa shape index (κ1) is 12.4. The topological polar surface area (TPSA) is 24.1 Å². The minimum absolute atomic E-state index is 0.809. The molecule has 17 heavy (non-hydrogen) atoms. The highest BCUT2D eigenvalue weighted by Crippen LogP contribution is 2.22. The second kappa shape index (κ2) is 6.06. The van der Waals surface area contributed by atoms with E-state index in [0.29, 0.717) is 0 Å². The Balaban J connectivity index is 1.91. The normalized spacial score (nSPS) is 14.9. The zero-order valence-corrected chi connectivity index (χ0v) is 11.1. The number of anilines is 1. The minimum Gasteiger partial charge on any atom is -0.383 e. The number of hydrogen-bond donors (Lipinski definition) is 2. The smallest absolute Gasteiger partial charge is 0.0405 e. The van der Waals surface area contributed by atoms with Gasteiger partial charge >= 0.3 is 0 Å². The third kappa shape index (κ3) is 3.47. The summed E-state index contributed by atoms with van der Waals surface area (Å²) in [4.78, 5) is 0. The summed E-state index contributed by atoms with van der Waals surface area (Å²) in [5.41, 5.74) is 4.25. The highest BCUT2D eigenvalue weighted by atomic mass is 15.0. The number of benzene rings is 1. The van der Waals surface area contributed by atoms with Gasteiger partial charge in [-0.05, 0) is 36.8 Å². The minimum atomic E-state index is 0.809. The number of nitrogens with one attached hydrogen (secondary N) is 2. The Labute approximate surface area is 105 Å². The van der Waals surface area contributed by atoms with Crippen LogP contribution in [0, 0.1) is 0 Å². The van der Waals surface area contributed by atoms with E-state index < -0.39 is 0 Å². The molecule has 1 aromatic rings. The molecule has 1 aliphatic rings. The van der Waals surface area contributed by atoms with E-state index in [2.05, 4.69) is 42.7 Å². The molecule has 0 heterocycles. The predicted molar refractivity (Wildman–Crippen MR) is 74.7 cm³/mol. The third-order valence-corrected chi connectivity index (χ3v) is 3.44. The average molecular weight is 232 g/mol. The van der Waals surface area contributed by atoms with Crippen LogP contribution >= 0.6 is 0 Å². The molecule has 0 aromatic heterocycles. The summed E-state index contributed by atoms with van der Waals surface area (Å²) >= 11 is 0. The van der Waals surface area contributed by atoms with Gasteiger partial charge in [0.1, 0.15) is 0 Å². The van der Waals surface area contributed by atoms with Crippen molar-refractivity contribution >= 4 is 5.69 Å². The SMILES string of the molecule is CCc1cccc(CC)c1NCCNC1CC1. The molecule has 1 aromatic carbocycles. The van der Waals surface area contributed by atoms with Crippen molar-refractivity contribution in [3.8, 4) is 0 Å². The quantitative estimate of drug-likeness (QED) is 0.706. The first-order valence-corrected chi connectivity index (χ1v) is 6.93. The molecule has 0 spiro atoms. The fourth-order valence-corrected chi connectivity index (χ4v) is 2.22. The molecule has 1 fully saturated rings. The van der Waals surface area contributed by atoms with E-state index in [0.717, 1.165) is 32.0 Å². The summed E-state index contributed by atoms with van der Waals surface area (Å²) < 4.78 is 0. The fraction of sp³-hybridized carbons (Fsp3) is 0.600. The molecule has 94 valence electrons. The lowest BCUT2D eigenvalue weighted by Gasteiger charge is -2.15. The zero-order valence-electron chi connectivity index (χ0n) is 11.1. The summed E-state index contributed by atoms with van der Waals surface area (Å²) in [6, 6.07) is 7.44. The van der Waals surface area contributed by atoms with Gasteiger partial charge in [0.25, 0.3) is 0 Å². The van der Waals surface area contributed by atoms with E-state index in [4.69, 9.17) is 0 Å². The number of para-hydroxylation sites is 1. The van der Waals surface area contributed by atoms with Crippen LogP contribution in [0.3, 0.4) is 0 Å².